The molecule has 33 heavy (non-hydrogen) atoms. The number of aromatic nitrogens is 4. The molecule has 0 unspecified atom stereocenters. The van der Waals surface area contributed by atoms with Crippen molar-refractivity contribution in [2.24, 2.45) is 5.92 Å². The number of halogens is 2. The molecule has 1 aliphatic carbocycles. The van der Waals surface area contributed by atoms with E-state index in [1.165, 1.54) is 6.20 Å². The molecule has 8 nitrogen and oxygen atoms in total. The Labute approximate surface area is 197 Å². The molecule has 3 aromatic heterocycles. The molecule has 0 aromatic carbocycles. The Morgan fingerprint density at radius 2 is 2.00 bits per heavy atom. The fourth-order valence-corrected chi connectivity index (χ4v) is 6.96. The second kappa shape index (κ2) is 9.15. The van der Waals surface area contributed by atoms with E-state index >= 15 is 0 Å². The maximum absolute atomic E-state index is 14.6. The average Bonchev–Trinajstić information content (AvgIpc) is 3.45. The Morgan fingerprint density at radius 3 is 2.82 bits per heavy atom. The number of nitrogens with one attached hydrogen (secondary N) is 2. The molecular weight excluding hydrogens is 467 g/mol. The number of anilines is 1. The molecule has 2 N–H and O–H groups in total. The monoisotopic (exact) mass is 492 g/mol. The molecule has 0 amide bonds. The standard InChI is InChI=1S/C22H26ClFN6O2S/c23-15-8-17-18(10-26-20(17)25-9-15)21-27-11-19(24)22(29-21)28-16-6-3-7-30(12-16)33(31,32)13-14-4-1-2-5-14/h8-11,14,16H,1-7,12-13H2,(H,25,26)(H,27,28,29)/t16-/m0/s1. The number of hydrogen-bond acceptors (Lipinski definition) is 6. The number of fused-ring (bicyclic) bond motifs is 1. The van der Waals surface area contributed by atoms with Crippen molar-refractivity contribution >= 4 is 38.5 Å². The number of nitrogens with zero attached hydrogens (tertiary/aromatic N) is 4. The summed E-state index contributed by atoms with van der Waals surface area (Å²) in [4.78, 5) is 15.8. The van der Waals surface area contributed by atoms with Gasteiger partial charge in [-0.25, -0.2) is 27.8 Å². The Bertz CT molecular complexity index is 1260. The number of hydrogen-bond donors (Lipinski definition) is 2. The van der Waals surface area contributed by atoms with Gasteiger partial charge in [-0.3, -0.25) is 0 Å². The van der Waals surface area contributed by atoms with Crippen molar-refractivity contribution < 1.29 is 12.8 Å². The lowest BCUT2D eigenvalue weighted by atomic mass is 10.1. The van der Waals surface area contributed by atoms with Crippen LogP contribution in [0.2, 0.25) is 5.02 Å². The van der Waals surface area contributed by atoms with Gasteiger partial charge >= 0.3 is 0 Å². The predicted molar refractivity (Wildman–Crippen MR) is 126 cm³/mol. The third-order valence-corrected chi connectivity index (χ3v) is 8.74. The van der Waals surface area contributed by atoms with E-state index in [0.717, 1.165) is 43.7 Å². The molecule has 0 bridgehead atoms. The van der Waals surface area contributed by atoms with Crippen molar-refractivity contribution in [1.29, 1.82) is 0 Å². The van der Waals surface area contributed by atoms with Gasteiger partial charge in [0, 0.05) is 42.5 Å². The number of pyridine rings is 1. The van der Waals surface area contributed by atoms with E-state index in [1.807, 2.05) is 0 Å². The Morgan fingerprint density at radius 1 is 1.18 bits per heavy atom. The molecule has 1 aliphatic heterocycles. The lowest BCUT2D eigenvalue weighted by Gasteiger charge is -2.33. The zero-order valence-corrected chi connectivity index (χ0v) is 19.7. The minimum Gasteiger partial charge on any atom is -0.363 e. The van der Waals surface area contributed by atoms with E-state index in [2.05, 4.69) is 25.3 Å². The van der Waals surface area contributed by atoms with Crippen LogP contribution in [0.4, 0.5) is 10.2 Å². The van der Waals surface area contributed by atoms with Crippen molar-refractivity contribution in [3.63, 3.8) is 0 Å². The Hall–Kier alpha value is -2.30. The van der Waals surface area contributed by atoms with Crippen LogP contribution in [0.5, 0.6) is 0 Å². The van der Waals surface area contributed by atoms with Crippen molar-refractivity contribution in [2.45, 2.75) is 44.6 Å². The molecule has 1 saturated carbocycles. The molecule has 3 aromatic rings. The predicted octanol–water partition coefficient (Wildman–Crippen LogP) is 4.21. The number of H-pyrrole nitrogens is 1. The SMILES string of the molecule is O=S(=O)(CC1CCCC1)N1CCC[C@H](Nc2nc(-c3c[nH]c4ncc(Cl)cc34)ncc2F)C1. The molecular formula is C22H26ClFN6O2S. The van der Waals surface area contributed by atoms with Crippen LogP contribution in [0.15, 0.2) is 24.7 Å². The number of aromatic amines is 1. The first kappa shape index (κ1) is 22.5. The molecule has 0 radical (unpaired) electrons. The second-order valence-electron chi connectivity index (χ2n) is 8.91. The van der Waals surface area contributed by atoms with E-state index in [1.54, 1.807) is 16.6 Å². The normalized spacial score (nSPS) is 20.5. The lowest BCUT2D eigenvalue weighted by molar-refractivity contribution is 0.323. The maximum Gasteiger partial charge on any atom is 0.214 e. The summed E-state index contributed by atoms with van der Waals surface area (Å²) < 4.78 is 42.0. The average molecular weight is 493 g/mol. The first-order valence-electron chi connectivity index (χ1n) is 11.3. The molecule has 176 valence electrons. The van der Waals surface area contributed by atoms with Gasteiger partial charge in [-0.1, -0.05) is 24.4 Å². The molecule has 1 atom stereocenters. The summed E-state index contributed by atoms with van der Waals surface area (Å²) in [5.41, 5.74) is 1.29. The van der Waals surface area contributed by atoms with Gasteiger partial charge in [-0.15, -0.1) is 0 Å². The summed E-state index contributed by atoms with van der Waals surface area (Å²) in [7, 11) is -3.33. The van der Waals surface area contributed by atoms with Gasteiger partial charge in [0.1, 0.15) is 5.65 Å². The Kier molecular flexibility index (Phi) is 6.24. The van der Waals surface area contributed by atoms with Crippen molar-refractivity contribution in [3.8, 4) is 11.4 Å². The van der Waals surface area contributed by atoms with Crippen LogP contribution in [0.3, 0.4) is 0 Å². The zero-order chi connectivity index (χ0) is 23.0. The smallest absolute Gasteiger partial charge is 0.214 e. The van der Waals surface area contributed by atoms with Crippen molar-refractivity contribution in [1.82, 2.24) is 24.2 Å². The number of rotatable bonds is 6. The largest absolute Gasteiger partial charge is 0.363 e. The quantitative estimate of drug-likeness (QED) is 0.534. The first-order chi connectivity index (χ1) is 15.9. The van der Waals surface area contributed by atoms with Crippen LogP contribution < -0.4 is 5.32 Å². The summed E-state index contributed by atoms with van der Waals surface area (Å²) in [6, 6.07) is 1.53. The summed E-state index contributed by atoms with van der Waals surface area (Å²) in [5, 5.41) is 4.34. The molecule has 1 saturated heterocycles. The highest BCUT2D eigenvalue weighted by Gasteiger charge is 2.32. The third-order valence-electron chi connectivity index (χ3n) is 6.52. The van der Waals surface area contributed by atoms with E-state index in [4.69, 9.17) is 11.6 Å². The van der Waals surface area contributed by atoms with Gasteiger partial charge < -0.3 is 10.3 Å². The van der Waals surface area contributed by atoms with Gasteiger partial charge in [0.25, 0.3) is 0 Å². The highest BCUT2D eigenvalue weighted by Crippen LogP contribution is 2.30. The van der Waals surface area contributed by atoms with E-state index in [0.29, 0.717) is 41.6 Å². The van der Waals surface area contributed by atoms with Crippen molar-refractivity contribution in [2.75, 3.05) is 24.2 Å². The minimum absolute atomic E-state index is 0.0596. The molecule has 5 rings (SSSR count). The summed E-state index contributed by atoms with van der Waals surface area (Å²) in [6.45, 7) is 0.814. The topological polar surface area (TPSA) is 104 Å². The van der Waals surface area contributed by atoms with Crippen molar-refractivity contribution in [3.05, 3.63) is 35.5 Å². The van der Waals surface area contributed by atoms with E-state index in [-0.39, 0.29) is 23.5 Å². The van der Waals surface area contributed by atoms with Crippen LogP contribution in [-0.4, -0.2) is 57.5 Å². The highest BCUT2D eigenvalue weighted by atomic mass is 35.5. The second-order valence-corrected chi connectivity index (χ2v) is 11.4. The fourth-order valence-electron chi connectivity index (χ4n) is 4.85. The van der Waals surface area contributed by atoms with Gasteiger partial charge in [0.15, 0.2) is 17.5 Å². The third kappa shape index (κ3) is 4.83. The van der Waals surface area contributed by atoms with E-state index < -0.39 is 15.8 Å². The number of sulfonamides is 1. The van der Waals surface area contributed by atoms with Gasteiger partial charge in [-0.2, -0.15) is 4.31 Å². The molecule has 2 fully saturated rings. The lowest BCUT2D eigenvalue weighted by Crippen LogP contribution is -2.46. The molecule has 0 spiro atoms. The summed E-state index contributed by atoms with van der Waals surface area (Å²) >= 11 is 6.08. The van der Waals surface area contributed by atoms with Crippen LogP contribution >= 0.6 is 11.6 Å². The highest BCUT2D eigenvalue weighted by molar-refractivity contribution is 7.89. The maximum atomic E-state index is 14.6. The molecule has 11 heteroatoms. The molecule has 2 aliphatic rings. The zero-order valence-electron chi connectivity index (χ0n) is 18.1. The van der Waals surface area contributed by atoms with E-state index in [9.17, 15) is 12.8 Å². The summed E-state index contributed by atoms with van der Waals surface area (Å²) in [5.74, 6) is 0.272. The van der Waals surface area contributed by atoms with Gasteiger partial charge in [0.05, 0.1) is 17.0 Å². The van der Waals surface area contributed by atoms with Crippen LogP contribution in [0, 0.1) is 11.7 Å². The summed E-state index contributed by atoms with van der Waals surface area (Å²) in [6.07, 6.45) is 10.0. The van der Waals surface area contributed by atoms with Crippen LogP contribution in [0.1, 0.15) is 38.5 Å². The van der Waals surface area contributed by atoms with Gasteiger partial charge in [0.2, 0.25) is 10.0 Å². The first-order valence-corrected chi connectivity index (χ1v) is 13.3. The van der Waals surface area contributed by atoms with Gasteiger partial charge in [-0.05, 0) is 37.7 Å². The fraction of sp³-hybridized carbons (Fsp3) is 0.500. The minimum atomic E-state index is -3.33. The van der Waals surface area contributed by atoms with Crippen LogP contribution in [0.25, 0.3) is 22.4 Å². The molecule has 4 heterocycles. The Balaban J connectivity index is 1.34. The number of piperidine rings is 1. The van der Waals surface area contributed by atoms with Crippen LogP contribution in [-0.2, 0) is 10.0 Å².